The first-order chi connectivity index (χ1) is 18.1. The van der Waals surface area contributed by atoms with Crippen LogP contribution in [0, 0.1) is 0 Å². The Morgan fingerprint density at radius 2 is 1.70 bits per heavy atom. The molecule has 1 heterocycles. The van der Waals surface area contributed by atoms with Gasteiger partial charge in [-0.1, -0.05) is 60.7 Å². The van der Waals surface area contributed by atoms with E-state index in [0.29, 0.717) is 31.1 Å². The molecule has 1 saturated carbocycles. The highest BCUT2D eigenvalue weighted by atomic mass is 16.5. The molecule has 0 bridgehead atoms. The first-order valence-corrected chi connectivity index (χ1v) is 12.8. The van der Waals surface area contributed by atoms with E-state index in [4.69, 9.17) is 19.6 Å². The number of hydrogen-bond acceptors (Lipinski definition) is 5. The Kier molecular flexibility index (Phi) is 7.37. The van der Waals surface area contributed by atoms with Gasteiger partial charge < -0.3 is 19.9 Å². The number of nitrogens with one attached hydrogen (secondary N) is 1. The number of benzene rings is 3. The van der Waals surface area contributed by atoms with Crippen LogP contribution in [0.3, 0.4) is 0 Å². The van der Waals surface area contributed by atoms with E-state index in [1.807, 2.05) is 54.6 Å². The van der Waals surface area contributed by atoms with Gasteiger partial charge >= 0.3 is 0 Å². The maximum absolute atomic E-state index is 13.7. The standard InChI is InChI=1S/C31H32N2O4/c1-2-19-31(30(35)32-26-15-16-26)28(24-11-9-23(10-12-24)22-7-4-3-5-8-22)37-29(33-31)25-13-17-27(18-14-25)36-21-6-20-34/h2-5,7-14,17-18,26,28,34H,1,6,15-16,19-21H2,(H,32,35)/t28-,31-/m1/s1. The first-order valence-electron chi connectivity index (χ1n) is 12.8. The predicted molar refractivity (Wildman–Crippen MR) is 145 cm³/mol. The van der Waals surface area contributed by atoms with Gasteiger partial charge in [-0.3, -0.25) is 4.79 Å². The highest BCUT2D eigenvalue weighted by molar-refractivity contribution is 6.01. The normalized spacial score (nSPS) is 20.6. The summed E-state index contributed by atoms with van der Waals surface area (Å²) >= 11 is 0. The fraction of sp³-hybridized carbons (Fsp3) is 0.290. The van der Waals surface area contributed by atoms with Crippen molar-refractivity contribution in [3.8, 4) is 16.9 Å². The topological polar surface area (TPSA) is 80.2 Å². The van der Waals surface area contributed by atoms with Crippen molar-refractivity contribution in [3.63, 3.8) is 0 Å². The van der Waals surface area contributed by atoms with Crippen LogP contribution in [-0.2, 0) is 9.53 Å². The van der Waals surface area contributed by atoms with Gasteiger partial charge in [0.1, 0.15) is 5.75 Å². The van der Waals surface area contributed by atoms with Crippen molar-refractivity contribution in [1.29, 1.82) is 0 Å². The number of aliphatic hydroxyl groups excluding tert-OH is 1. The summed E-state index contributed by atoms with van der Waals surface area (Å²) in [5.41, 5.74) is 2.73. The van der Waals surface area contributed by atoms with Crippen LogP contribution in [0.5, 0.6) is 5.75 Å². The molecule has 6 nitrogen and oxygen atoms in total. The summed E-state index contributed by atoms with van der Waals surface area (Å²) in [6.07, 6.45) is 4.05. The minimum absolute atomic E-state index is 0.0880. The Morgan fingerprint density at radius 1 is 1.03 bits per heavy atom. The van der Waals surface area contributed by atoms with Gasteiger partial charge in [-0.15, -0.1) is 6.58 Å². The van der Waals surface area contributed by atoms with E-state index in [1.165, 1.54) is 0 Å². The molecule has 3 aromatic rings. The van der Waals surface area contributed by atoms with Gasteiger partial charge in [-0.25, -0.2) is 4.99 Å². The number of carbonyl (C=O) groups is 1. The van der Waals surface area contributed by atoms with Crippen LogP contribution in [0.15, 0.2) is 96.5 Å². The highest BCUT2D eigenvalue weighted by Gasteiger charge is 2.53. The second-order valence-electron chi connectivity index (χ2n) is 9.52. The number of ether oxygens (including phenoxy) is 2. The third-order valence-electron chi connectivity index (χ3n) is 6.72. The van der Waals surface area contributed by atoms with Crippen LogP contribution in [0.2, 0.25) is 0 Å². The van der Waals surface area contributed by atoms with Crippen LogP contribution in [0.4, 0.5) is 0 Å². The number of aliphatic hydroxyl groups is 1. The predicted octanol–water partition coefficient (Wildman–Crippen LogP) is 5.23. The molecule has 2 atom stereocenters. The van der Waals surface area contributed by atoms with E-state index < -0.39 is 11.6 Å². The lowest BCUT2D eigenvalue weighted by Gasteiger charge is -2.29. The van der Waals surface area contributed by atoms with E-state index in [9.17, 15) is 4.79 Å². The van der Waals surface area contributed by atoms with Crippen molar-refractivity contribution in [2.24, 2.45) is 4.99 Å². The van der Waals surface area contributed by atoms with E-state index in [-0.39, 0.29) is 18.6 Å². The third-order valence-corrected chi connectivity index (χ3v) is 6.72. The number of rotatable bonds is 11. The van der Waals surface area contributed by atoms with Crippen molar-refractivity contribution < 1.29 is 19.4 Å². The number of amides is 1. The monoisotopic (exact) mass is 496 g/mol. The molecule has 1 fully saturated rings. The number of nitrogens with zero attached hydrogens (tertiary/aromatic N) is 1. The molecule has 0 saturated heterocycles. The average Bonchev–Trinajstić information content (AvgIpc) is 3.67. The molecule has 5 rings (SSSR count). The second-order valence-corrected chi connectivity index (χ2v) is 9.52. The van der Waals surface area contributed by atoms with Crippen LogP contribution in [-0.4, -0.2) is 41.7 Å². The van der Waals surface area contributed by atoms with E-state index in [1.54, 1.807) is 6.08 Å². The summed E-state index contributed by atoms with van der Waals surface area (Å²) in [4.78, 5) is 18.6. The molecule has 3 aromatic carbocycles. The number of hydrogen-bond donors (Lipinski definition) is 2. The third kappa shape index (κ3) is 5.44. The maximum Gasteiger partial charge on any atom is 0.252 e. The first kappa shape index (κ1) is 24.8. The van der Waals surface area contributed by atoms with Gasteiger partial charge in [0, 0.05) is 31.1 Å². The van der Waals surface area contributed by atoms with Crippen LogP contribution in [0.25, 0.3) is 11.1 Å². The summed E-state index contributed by atoms with van der Waals surface area (Å²) in [5.74, 6) is 0.991. The average molecular weight is 497 g/mol. The van der Waals surface area contributed by atoms with Crippen LogP contribution in [0.1, 0.15) is 42.9 Å². The lowest BCUT2D eigenvalue weighted by atomic mass is 9.84. The molecule has 0 spiro atoms. The molecule has 2 N–H and O–H groups in total. The summed E-state index contributed by atoms with van der Waals surface area (Å²) in [5, 5.41) is 12.1. The Balaban J connectivity index is 1.46. The lowest BCUT2D eigenvalue weighted by molar-refractivity contribution is -0.129. The second kappa shape index (κ2) is 11.0. The fourth-order valence-corrected chi connectivity index (χ4v) is 4.55. The van der Waals surface area contributed by atoms with Crippen LogP contribution >= 0.6 is 0 Å². The molecule has 190 valence electrons. The molecule has 0 aromatic heterocycles. The molecule has 1 aliphatic carbocycles. The largest absolute Gasteiger partial charge is 0.494 e. The zero-order valence-corrected chi connectivity index (χ0v) is 20.8. The summed E-state index contributed by atoms with van der Waals surface area (Å²) in [6, 6.07) is 26.0. The van der Waals surface area contributed by atoms with Crippen molar-refractivity contribution in [2.45, 2.75) is 43.4 Å². The summed E-state index contributed by atoms with van der Waals surface area (Å²) in [6.45, 7) is 4.46. The molecule has 6 heteroatoms. The smallest absolute Gasteiger partial charge is 0.252 e. The molecule has 37 heavy (non-hydrogen) atoms. The van der Waals surface area contributed by atoms with Gasteiger partial charge in [0.2, 0.25) is 5.90 Å². The number of carbonyl (C=O) groups excluding carboxylic acids is 1. The minimum Gasteiger partial charge on any atom is -0.494 e. The van der Waals surface area contributed by atoms with E-state index in [2.05, 4.69) is 36.2 Å². The van der Waals surface area contributed by atoms with Crippen molar-refractivity contribution in [1.82, 2.24) is 5.32 Å². The van der Waals surface area contributed by atoms with Crippen molar-refractivity contribution >= 4 is 11.8 Å². The van der Waals surface area contributed by atoms with Gasteiger partial charge in [0.15, 0.2) is 11.6 Å². The quantitative estimate of drug-likeness (QED) is 0.282. The Labute approximate surface area is 217 Å². The molecule has 1 amide bonds. The fourth-order valence-electron chi connectivity index (χ4n) is 4.55. The molecular weight excluding hydrogens is 464 g/mol. The zero-order valence-electron chi connectivity index (χ0n) is 20.8. The van der Waals surface area contributed by atoms with Crippen LogP contribution < -0.4 is 10.1 Å². The highest BCUT2D eigenvalue weighted by Crippen LogP contribution is 2.43. The Morgan fingerprint density at radius 3 is 2.35 bits per heavy atom. The summed E-state index contributed by atoms with van der Waals surface area (Å²) < 4.78 is 12.1. The van der Waals surface area contributed by atoms with Gasteiger partial charge in [-0.05, 0) is 53.8 Å². The van der Waals surface area contributed by atoms with Gasteiger partial charge in [0.25, 0.3) is 5.91 Å². The molecular formula is C31H32N2O4. The molecule has 2 aliphatic rings. The van der Waals surface area contributed by atoms with Crippen molar-refractivity contribution in [2.75, 3.05) is 13.2 Å². The Hall–Kier alpha value is -3.90. The maximum atomic E-state index is 13.7. The zero-order chi connectivity index (χ0) is 25.7. The summed E-state index contributed by atoms with van der Waals surface area (Å²) in [7, 11) is 0. The van der Waals surface area contributed by atoms with E-state index >= 15 is 0 Å². The minimum atomic E-state index is -1.15. The van der Waals surface area contributed by atoms with Crippen molar-refractivity contribution in [3.05, 3.63) is 103 Å². The molecule has 0 unspecified atom stereocenters. The van der Waals surface area contributed by atoms with Gasteiger partial charge in [0.05, 0.1) is 6.61 Å². The molecule has 1 aliphatic heterocycles. The lowest BCUT2D eigenvalue weighted by Crippen LogP contribution is -2.48. The SMILES string of the molecule is C=CC[C@@]1(C(=O)NC2CC2)N=C(c2ccc(OCCCO)cc2)O[C@@H]1c1ccc(-c2ccccc2)cc1. The number of aliphatic imine (C=N–C) groups is 1. The van der Waals surface area contributed by atoms with Gasteiger partial charge in [-0.2, -0.15) is 0 Å². The Bertz CT molecular complexity index is 1250. The van der Waals surface area contributed by atoms with E-state index in [0.717, 1.165) is 35.1 Å². The molecule has 0 radical (unpaired) electrons.